The number of benzene rings is 1. The van der Waals surface area contributed by atoms with E-state index in [0.717, 1.165) is 21.5 Å². The quantitative estimate of drug-likeness (QED) is 0.911. The van der Waals surface area contributed by atoms with E-state index in [-0.39, 0.29) is 0 Å². The highest BCUT2D eigenvalue weighted by Crippen LogP contribution is 2.37. The van der Waals surface area contributed by atoms with Gasteiger partial charge in [-0.15, -0.1) is 0 Å². The van der Waals surface area contributed by atoms with Crippen molar-refractivity contribution in [1.82, 2.24) is 10.2 Å². The molecule has 0 aliphatic heterocycles. The molecule has 4 nitrogen and oxygen atoms in total. The summed E-state index contributed by atoms with van der Waals surface area (Å²) >= 11 is 3.59. The summed E-state index contributed by atoms with van der Waals surface area (Å²) in [6.45, 7) is 4.29. The summed E-state index contributed by atoms with van der Waals surface area (Å²) in [6, 6.07) is 5.86. The van der Waals surface area contributed by atoms with E-state index in [2.05, 4.69) is 40.0 Å². The SMILES string of the molecule is COc1cc(C(C)C)c(Br)cc1-c1cc(N)n[nH]1. The number of ether oxygens (including phenoxy) is 1. The van der Waals surface area contributed by atoms with Crippen molar-refractivity contribution in [2.24, 2.45) is 0 Å². The van der Waals surface area contributed by atoms with Crippen molar-refractivity contribution in [2.45, 2.75) is 19.8 Å². The summed E-state index contributed by atoms with van der Waals surface area (Å²) in [5, 5.41) is 6.83. The van der Waals surface area contributed by atoms with Gasteiger partial charge in [-0.05, 0) is 23.6 Å². The molecule has 0 spiro atoms. The Morgan fingerprint density at radius 1 is 1.33 bits per heavy atom. The maximum Gasteiger partial charge on any atom is 0.145 e. The van der Waals surface area contributed by atoms with Crippen LogP contribution in [0.5, 0.6) is 5.75 Å². The molecule has 1 heterocycles. The monoisotopic (exact) mass is 309 g/mol. The molecule has 2 aromatic rings. The van der Waals surface area contributed by atoms with Gasteiger partial charge in [-0.3, -0.25) is 5.10 Å². The minimum Gasteiger partial charge on any atom is -0.496 e. The smallest absolute Gasteiger partial charge is 0.145 e. The molecule has 3 N–H and O–H groups in total. The Morgan fingerprint density at radius 2 is 2.06 bits per heavy atom. The van der Waals surface area contributed by atoms with Gasteiger partial charge in [-0.1, -0.05) is 29.8 Å². The van der Waals surface area contributed by atoms with Crippen LogP contribution < -0.4 is 10.5 Å². The maximum absolute atomic E-state index is 5.63. The highest BCUT2D eigenvalue weighted by atomic mass is 79.9. The van der Waals surface area contributed by atoms with E-state index in [9.17, 15) is 0 Å². The summed E-state index contributed by atoms with van der Waals surface area (Å²) in [5.74, 6) is 1.70. The number of methoxy groups -OCH3 is 1. The number of nitrogen functional groups attached to an aromatic ring is 1. The summed E-state index contributed by atoms with van der Waals surface area (Å²) < 4.78 is 6.50. The Labute approximate surface area is 115 Å². The maximum atomic E-state index is 5.63. The van der Waals surface area contributed by atoms with Crippen molar-refractivity contribution >= 4 is 21.7 Å². The van der Waals surface area contributed by atoms with Crippen LogP contribution in [0.25, 0.3) is 11.3 Å². The van der Waals surface area contributed by atoms with E-state index in [4.69, 9.17) is 10.5 Å². The fourth-order valence-electron chi connectivity index (χ4n) is 1.87. The molecule has 0 saturated heterocycles. The number of nitrogens with zero attached hydrogens (tertiary/aromatic N) is 1. The molecule has 18 heavy (non-hydrogen) atoms. The molecule has 96 valence electrons. The number of aromatic nitrogens is 2. The van der Waals surface area contributed by atoms with Crippen molar-refractivity contribution in [1.29, 1.82) is 0 Å². The van der Waals surface area contributed by atoms with Crippen LogP contribution in [0.4, 0.5) is 5.82 Å². The van der Waals surface area contributed by atoms with Gasteiger partial charge >= 0.3 is 0 Å². The molecule has 0 fully saturated rings. The molecule has 0 saturated carbocycles. The number of rotatable bonds is 3. The molecular weight excluding hydrogens is 294 g/mol. The minimum absolute atomic E-state index is 0.425. The third-order valence-electron chi connectivity index (χ3n) is 2.83. The number of hydrogen-bond acceptors (Lipinski definition) is 3. The second kappa shape index (κ2) is 5.02. The van der Waals surface area contributed by atoms with Gasteiger partial charge in [0.15, 0.2) is 0 Å². The average Bonchev–Trinajstić information content (AvgIpc) is 2.75. The van der Waals surface area contributed by atoms with Crippen molar-refractivity contribution in [3.8, 4) is 17.0 Å². The molecule has 0 radical (unpaired) electrons. The second-order valence-electron chi connectivity index (χ2n) is 4.44. The molecule has 0 unspecified atom stereocenters. The summed E-state index contributed by atoms with van der Waals surface area (Å²) in [7, 11) is 1.66. The van der Waals surface area contributed by atoms with Crippen molar-refractivity contribution in [3.63, 3.8) is 0 Å². The van der Waals surface area contributed by atoms with E-state index < -0.39 is 0 Å². The topological polar surface area (TPSA) is 63.9 Å². The number of anilines is 1. The first-order valence-corrected chi connectivity index (χ1v) is 6.51. The highest BCUT2D eigenvalue weighted by molar-refractivity contribution is 9.10. The average molecular weight is 310 g/mol. The predicted molar refractivity (Wildman–Crippen MR) is 76.8 cm³/mol. The number of aromatic amines is 1. The van der Waals surface area contributed by atoms with E-state index in [1.165, 1.54) is 5.56 Å². The van der Waals surface area contributed by atoms with E-state index in [0.29, 0.717) is 11.7 Å². The van der Waals surface area contributed by atoms with Gasteiger partial charge in [0.1, 0.15) is 11.6 Å². The second-order valence-corrected chi connectivity index (χ2v) is 5.29. The van der Waals surface area contributed by atoms with Crippen LogP contribution in [0.1, 0.15) is 25.3 Å². The van der Waals surface area contributed by atoms with Crippen LogP contribution in [0, 0.1) is 0 Å². The zero-order valence-electron chi connectivity index (χ0n) is 10.6. The first kappa shape index (κ1) is 13.0. The molecule has 1 aromatic heterocycles. The Bertz CT molecular complexity index is 563. The molecule has 0 aliphatic rings. The highest BCUT2D eigenvalue weighted by Gasteiger charge is 2.14. The van der Waals surface area contributed by atoms with Crippen molar-refractivity contribution in [3.05, 3.63) is 28.2 Å². The van der Waals surface area contributed by atoms with Gasteiger partial charge in [-0.25, -0.2) is 0 Å². The lowest BCUT2D eigenvalue weighted by molar-refractivity contribution is 0.415. The Hall–Kier alpha value is -1.49. The molecular formula is C13H16BrN3O. The third-order valence-corrected chi connectivity index (χ3v) is 3.52. The molecule has 1 aromatic carbocycles. The summed E-state index contributed by atoms with van der Waals surface area (Å²) in [6.07, 6.45) is 0. The lowest BCUT2D eigenvalue weighted by Crippen LogP contribution is -1.95. The fourth-order valence-corrected chi connectivity index (χ4v) is 2.67. The number of nitrogens with two attached hydrogens (primary N) is 1. The van der Waals surface area contributed by atoms with Crippen molar-refractivity contribution in [2.75, 3.05) is 12.8 Å². The standard InChI is InChI=1S/C13H16BrN3O/c1-7(2)8-5-12(18-3)9(4-10(8)14)11-6-13(15)17-16-11/h4-7H,1-3H3,(H3,15,16,17). The van der Waals surface area contributed by atoms with Crippen LogP contribution in [-0.2, 0) is 0 Å². The van der Waals surface area contributed by atoms with E-state index in [1.54, 1.807) is 13.2 Å². The van der Waals surface area contributed by atoms with Crippen LogP contribution in [0.3, 0.4) is 0 Å². The zero-order valence-corrected chi connectivity index (χ0v) is 12.2. The van der Waals surface area contributed by atoms with Crippen LogP contribution >= 0.6 is 15.9 Å². The van der Waals surface area contributed by atoms with Gasteiger partial charge < -0.3 is 10.5 Å². The van der Waals surface area contributed by atoms with Gasteiger partial charge in [0, 0.05) is 16.1 Å². The number of hydrogen-bond donors (Lipinski definition) is 2. The molecule has 2 rings (SSSR count). The Kier molecular flexibility index (Phi) is 3.61. The number of nitrogens with one attached hydrogen (secondary N) is 1. The lowest BCUT2D eigenvalue weighted by Gasteiger charge is -2.14. The summed E-state index contributed by atoms with van der Waals surface area (Å²) in [4.78, 5) is 0. The molecule has 0 aliphatic carbocycles. The first-order valence-electron chi connectivity index (χ1n) is 5.71. The summed E-state index contributed by atoms with van der Waals surface area (Å²) in [5.41, 5.74) is 8.63. The Balaban J connectivity index is 2.57. The van der Waals surface area contributed by atoms with Crippen LogP contribution in [-0.4, -0.2) is 17.3 Å². The number of halogens is 1. The fraction of sp³-hybridized carbons (Fsp3) is 0.308. The largest absolute Gasteiger partial charge is 0.496 e. The zero-order chi connectivity index (χ0) is 13.3. The number of H-pyrrole nitrogens is 1. The molecule has 0 amide bonds. The molecule has 5 heteroatoms. The van der Waals surface area contributed by atoms with Crippen LogP contribution in [0.15, 0.2) is 22.7 Å². The first-order chi connectivity index (χ1) is 8.52. The Morgan fingerprint density at radius 3 is 2.56 bits per heavy atom. The van der Waals surface area contributed by atoms with Gasteiger partial charge in [0.25, 0.3) is 0 Å². The molecule has 0 atom stereocenters. The van der Waals surface area contributed by atoms with E-state index in [1.807, 2.05) is 12.1 Å². The molecule has 0 bridgehead atoms. The van der Waals surface area contributed by atoms with Gasteiger partial charge in [0.2, 0.25) is 0 Å². The minimum atomic E-state index is 0.425. The third kappa shape index (κ3) is 2.36. The van der Waals surface area contributed by atoms with E-state index >= 15 is 0 Å². The van der Waals surface area contributed by atoms with Crippen LogP contribution in [0.2, 0.25) is 0 Å². The predicted octanol–water partition coefficient (Wildman–Crippen LogP) is 3.55. The van der Waals surface area contributed by atoms with Crippen molar-refractivity contribution < 1.29 is 4.74 Å². The van der Waals surface area contributed by atoms with Gasteiger partial charge in [0.05, 0.1) is 12.8 Å². The lowest BCUT2D eigenvalue weighted by atomic mass is 10.00. The van der Waals surface area contributed by atoms with Gasteiger partial charge in [-0.2, -0.15) is 5.10 Å². The normalized spacial score (nSPS) is 10.9.